The quantitative estimate of drug-likeness (QED) is 0.458. The molecule has 11 nitrogen and oxygen atoms in total. The predicted octanol–water partition coefficient (Wildman–Crippen LogP) is 1.63. The van der Waals surface area contributed by atoms with Gasteiger partial charge in [-0.2, -0.15) is 13.4 Å². The molecule has 0 atom stereocenters. The maximum absolute atomic E-state index is 12.1. The Morgan fingerprint density at radius 2 is 1.93 bits per heavy atom. The van der Waals surface area contributed by atoms with Crippen molar-refractivity contribution in [3.63, 3.8) is 0 Å². The summed E-state index contributed by atoms with van der Waals surface area (Å²) >= 11 is 5.46. The molecular formula is C16H17ClN4O7S. The number of carbonyl (C=O) groups is 2. The second kappa shape index (κ2) is 9.89. The smallest absolute Gasteiger partial charge is 0.411 e. The number of nitrogens with zero attached hydrogens (tertiary/aromatic N) is 2. The van der Waals surface area contributed by atoms with E-state index in [1.807, 2.05) is 0 Å². The highest BCUT2D eigenvalue weighted by atomic mass is 35.5. The molecule has 0 aliphatic carbocycles. The van der Waals surface area contributed by atoms with Gasteiger partial charge in [0.1, 0.15) is 12.2 Å². The maximum atomic E-state index is 12.1. The third-order valence-corrected chi connectivity index (χ3v) is 4.09. The van der Waals surface area contributed by atoms with Crippen molar-refractivity contribution >= 4 is 39.9 Å². The molecule has 13 heteroatoms. The number of hydrogen-bond acceptors (Lipinski definition) is 9. The first-order valence-electron chi connectivity index (χ1n) is 7.99. The van der Waals surface area contributed by atoms with E-state index >= 15 is 0 Å². The van der Waals surface area contributed by atoms with Crippen LogP contribution in [0.5, 0.6) is 11.6 Å². The molecule has 1 aromatic heterocycles. The number of methoxy groups -OCH3 is 1. The third-order valence-electron chi connectivity index (χ3n) is 3.10. The summed E-state index contributed by atoms with van der Waals surface area (Å²) in [5.74, 6) is -1.10. The fraction of sp³-hybridized carbons (Fsp3) is 0.250. The van der Waals surface area contributed by atoms with E-state index in [1.165, 1.54) is 37.4 Å². The summed E-state index contributed by atoms with van der Waals surface area (Å²) in [6.45, 7) is 1.56. The number of ether oxygens (including phenoxy) is 2. The number of benzene rings is 1. The number of para-hydroxylation sites is 1. The van der Waals surface area contributed by atoms with E-state index in [4.69, 9.17) is 25.3 Å². The Balaban J connectivity index is 2.10. The van der Waals surface area contributed by atoms with Crippen LogP contribution in [0.1, 0.15) is 16.1 Å². The number of rotatable bonds is 8. The van der Waals surface area contributed by atoms with Crippen LogP contribution in [0.3, 0.4) is 0 Å². The van der Waals surface area contributed by atoms with E-state index in [2.05, 4.69) is 15.3 Å². The van der Waals surface area contributed by atoms with Crippen molar-refractivity contribution in [1.82, 2.24) is 14.7 Å². The number of alkyl halides is 1. The number of aryl methyl sites for hydroxylation is 1. The molecule has 2 rings (SSSR count). The fourth-order valence-corrected chi connectivity index (χ4v) is 2.78. The van der Waals surface area contributed by atoms with Gasteiger partial charge in [-0.05, 0) is 19.1 Å². The van der Waals surface area contributed by atoms with Gasteiger partial charge in [-0.25, -0.2) is 19.3 Å². The van der Waals surface area contributed by atoms with Crippen LogP contribution in [-0.2, 0) is 15.0 Å². The number of aromatic nitrogens is 2. The monoisotopic (exact) mass is 444 g/mol. The van der Waals surface area contributed by atoms with Crippen LogP contribution in [-0.4, -0.2) is 50.0 Å². The standard InChI is InChI=1S/C16H17ClN4O7S/c1-10-9-13(26-2)19-15(18-10)20-16(23)21-29(24,25)28-12-6-4-3-5-11(12)14(22)27-8-7-17/h3-6,9H,7-8H2,1-2H3,(H2,18,19,20,21,23). The lowest BCUT2D eigenvalue weighted by Gasteiger charge is -2.12. The summed E-state index contributed by atoms with van der Waals surface area (Å²) in [5, 5.41) is 2.15. The van der Waals surface area contributed by atoms with Crippen molar-refractivity contribution in [2.45, 2.75) is 6.92 Å². The topological polar surface area (TPSA) is 146 Å². The van der Waals surface area contributed by atoms with Gasteiger partial charge in [-0.1, -0.05) is 12.1 Å². The van der Waals surface area contributed by atoms with E-state index in [-0.39, 0.29) is 35.6 Å². The zero-order valence-electron chi connectivity index (χ0n) is 15.3. The van der Waals surface area contributed by atoms with Gasteiger partial charge in [0.05, 0.1) is 13.0 Å². The second-order valence-corrected chi connectivity index (χ2v) is 6.95. The van der Waals surface area contributed by atoms with Gasteiger partial charge in [0.15, 0.2) is 5.75 Å². The first-order chi connectivity index (χ1) is 13.7. The van der Waals surface area contributed by atoms with Gasteiger partial charge < -0.3 is 13.7 Å². The van der Waals surface area contributed by atoms with Crippen LogP contribution in [0.2, 0.25) is 0 Å². The lowest BCUT2D eigenvalue weighted by molar-refractivity contribution is 0.0527. The van der Waals surface area contributed by atoms with Crippen LogP contribution in [0, 0.1) is 6.92 Å². The number of nitrogens with one attached hydrogen (secondary N) is 2. The van der Waals surface area contributed by atoms with E-state index in [0.29, 0.717) is 5.69 Å². The SMILES string of the molecule is COc1cc(C)nc(NC(=O)NS(=O)(=O)Oc2ccccc2C(=O)OCCCl)n1. The number of carbonyl (C=O) groups excluding carboxylic acids is 2. The molecular weight excluding hydrogens is 428 g/mol. The Labute approximate surface area is 171 Å². The van der Waals surface area contributed by atoms with Crippen LogP contribution in [0.4, 0.5) is 10.7 Å². The normalized spacial score (nSPS) is 10.7. The van der Waals surface area contributed by atoms with Gasteiger partial charge in [0.25, 0.3) is 0 Å². The summed E-state index contributed by atoms with van der Waals surface area (Å²) in [5.41, 5.74) is 0.325. The summed E-state index contributed by atoms with van der Waals surface area (Å²) in [6.07, 6.45) is 0. The van der Waals surface area contributed by atoms with E-state index in [9.17, 15) is 18.0 Å². The first kappa shape index (κ1) is 22.2. The number of amides is 2. The van der Waals surface area contributed by atoms with Crippen LogP contribution in [0.15, 0.2) is 30.3 Å². The first-order valence-corrected chi connectivity index (χ1v) is 9.93. The fourth-order valence-electron chi connectivity index (χ4n) is 2.00. The molecule has 0 radical (unpaired) electrons. The highest BCUT2D eigenvalue weighted by Crippen LogP contribution is 2.20. The van der Waals surface area contributed by atoms with Gasteiger partial charge in [0, 0.05) is 11.8 Å². The van der Waals surface area contributed by atoms with E-state index in [1.54, 1.807) is 11.6 Å². The molecule has 0 bridgehead atoms. The van der Waals surface area contributed by atoms with Gasteiger partial charge in [-0.15, -0.1) is 11.6 Å². The highest BCUT2D eigenvalue weighted by Gasteiger charge is 2.22. The minimum absolute atomic E-state index is 0.0674. The Morgan fingerprint density at radius 3 is 2.62 bits per heavy atom. The van der Waals surface area contributed by atoms with Gasteiger partial charge in [0.2, 0.25) is 11.8 Å². The number of anilines is 1. The molecule has 2 aromatic rings. The number of urea groups is 1. The van der Waals surface area contributed by atoms with Crippen LogP contribution < -0.4 is 19.0 Å². The third kappa shape index (κ3) is 6.76. The average molecular weight is 445 g/mol. The van der Waals surface area contributed by atoms with Crippen molar-refractivity contribution in [2.24, 2.45) is 0 Å². The Hall–Kier alpha value is -3.12. The van der Waals surface area contributed by atoms with Gasteiger partial charge >= 0.3 is 22.3 Å². The lowest BCUT2D eigenvalue weighted by atomic mass is 10.2. The number of hydrogen-bond donors (Lipinski definition) is 2. The van der Waals surface area contributed by atoms with Crippen molar-refractivity contribution < 1.29 is 31.7 Å². The molecule has 1 heterocycles. The minimum Gasteiger partial charge on any atom is -0.481 e. The van der Waals surface area contributed by atoms with Crippen molar-refractivity contribution in [2.75, 3.05) is 24.9 Å². The molecule has 0 saturated heterocycles. The molecule has 0 fully saturated rings. The zero-order chi connectivity index (χ0) is 21.4. The van der Waals surface area contributed by atoms with Crippen molar-refractivity contribution in [3.05, 3.63) is 41.6 Å². The molecule has 1 aromatic carbocycles. The summed E-state index contributed by atoms with van der Waals surface area (Å²) in [7, 11) is -3.26. The lowest BCUT2D eigenvalue weighted by Crippen LogP contribution is -2.37. The number of esters is 1. The molecule has 0 spiro atoms. The van der Waals surface area contributed by atoms with Crippen molar-refractivity contribution in [3.8, 4) is 11.6 Å². The Morgan fingerprint density at radius 1 is 1.21 bits per heavy atom. The highest BCUT2D eigenvalue weighted by molar-refractivity contribution is 7.85. The molecule has 156 valence electrons. The summed E-state index contributed by atoms with van der Waals surface area (Å²) in [4.78, 5) is 31.8. The molecule has 0 unspecified atom stereocenters. The molecule has 0 saturated carbocycles. The van der Waals surface area contributed by atoms with E-state index in [0.717, 1.165) is 0 Å². The summed E-state index contributed by atoms with van der Waals surface area (Å²) < 4.78 is 40.5. The Bertz CT molecular complexity index is 1000. The average Bonchev–Trinajstić information content (AvgIpc) is 2.65. The predicted molar refractivity (Wildman–Crippen MR) is 102 cm³/mol. The van der Waals surface area contributed by atoms with E-state index < -0.39 is 22.3 Å². The zero-order valence-corrected chi connectivity index (χ0v) is 16.9. The molecule has 0 aliphatic rings. The van der Waals surface area contributed by atoms with Crippen LogP contribution >= 0.6 is 11.6 Å². The Kier molecular flexibility index (Phi) is 7.56. The molecule has 0 aliphatic heterocycles. The molecule has 2 amide bonds. The van der Waals surface area contributed by atoms with Gasteiger partial charge in [-0.3, -0.25) is 5.32 Å². The minimum atomic E-state index is -4.64. The molecule has 2 N–H and O–H groups in total. The maximum Gasteiger partial charge on any atom is 0.411 e. The number of halogens is 1. The van der Waals surface area contributed by atoms with Crippen LogP contribution in [0.25, 0.3) is 0 Å². The largest absolute Gasteiger partial charge is 0.481 e. The molecule has 29 heavy (non-hydrogen) atoms. The second-order valence-electron chi connectivity index (χ2n) is 5.29. The van der Waals surface area contributed by atoms with Crippen molar-refractivity contribution in [1.29, 1.82) is 0 Å². The summed E-state index contributed by atoms with van der Waals surface area (Å²) in [6, 6.07) is 5.79.